The van der Waals surface area contributed by atoms with Gasteiger partial charge in [-0.1, -0.05) is 23.8 Å². The zero-order valence-electron chi connectivity index (χ0n) is 23.2. The van der Waals surface area contributed by atoms with Crippen molar-refractivity contribution >= 4 is 41.6 Å². The van der Waals surface area contributed by atoms with Crippen LogP contribution in [0.4, 0.5) is 5.69 Å². The van der Waals surface area contributed by atoms with Gasteiger partial charge in [0.25, 0.3) is 0 Å². The average molecular weight is 569 g/mol. The van der Waals surface area contributed by atoms with Crippen molar-refractivity contribution in [1.29, 1.82) is 0 Å². The smallest absolute Gasteiger partial charge is 0.488 e. The van der Waals surface area contributed by atoms with Gasteiger partial charge < -0.3 is 24.6 Å². The van der Waals surface area contributed by atoms with Crippen LogP contribution >= 0.6 is 0 Å². The van der Waals surface area contributed by atoms with Gasteiger partial charge in [-0.3, -0.25) is 24.1 Å². The van der Waals surface area contributed by atoms with E-state index in [1.807, 2.05) is 6.08 Å². The lowest BCUT2D eigenvalue weighted by Crippen LogP contribution is -2.40. The molecular weight excluding hydrogens is 541 g/mol. The van der Waals surface area contributed by atoms with E-state index in [1.54, 1.807) is 19.1 Å². The van der Waals surface area contributed by atoms with Crippen LogP contribution in [0, 0.1) is 17.8 Å². The molecule has 11 heteroatoms. The zero-order chi connectivity index (χ0) is 30.0. The molecule has 2 aromatic carbocycles. The monoisotopic (exact) mass is 569 g/mol. The minimum Gasteiger partial charge on any atom is -0.507 e. The number of benzene rings is 2. The largest absolute Gasteiger partial charge is 0.507 e. The number of Topliss-reactive ketones (excluding diaryl/α,β-unsaturated/α-hetero) is 1. The second-order valence-electron chi connectivity index (χ2n) is 11.0. The summed E-state index contributed by atoms with van der Waals surface area (Å²) in [4.78, 5) is 55.8. The van der Waals surface area contributed by atoms with Crippen molar-refractivity contribution in [2.24, 2.45) is 17.8 Å². The Balaban J connectivity index is 1.51. The molecule has 2 amide bonds. The SMILES string of the molecule is COc1cc(O)c([C@H]2C3=CC[C@@H]4C(=O)N(c5cccc(B(O)O)c5)C(=O)[C@@H]4[C@@H]3CC3=C2C(=O)C(C)=CC3=O)c(OC)c1. The molecule has 6 rings (SSSR count). The number of phenols is 1. The molecule has 4 aliphatic rings. The maximum atomic E-state index is 14.0. The van der Waals surface area contributed by atoms with Crippen LogP contribution in [0.3, 0.4) is 0 Å². The molecule has 3 N–H and O–H groups in total. The molecule has 0 radical (unpaired) electrons. The first-order valence-corrected chi connectivity index (χ1v) is 13.6. The molecule has 1 heterocycles. The minimum absolute atomic E-state index is 0.0780. The number of allylic oxidation sites excluding steroid dienone is 6. The second kappa shape index (κ2) is 10.1. The minimum atomic E-state index is -1.78. The van der Waals surface area contributed by atoms with Crippen LogP contribution in [-0.2, 0) is 19.2 Å². The summed E-state index contributed by atoms with van der Waals surface area (Å²) >= 11 is 0. The fourth-order valence-corrected chi connectivity index (χ4v) is 6.94. The number of methoxy groups -OCH3 is 2. The molecule has 214 valence electrons. The van der Waals surface area contributed by atoms with Crippen LogP contribution in [0.1, 0.15) is 31.2 Å². The third kappa shape index (κ3) is 4.03. The number of hydrogen-bond donors (Lipinski definition) is 3. The fourth-order valence-electron chi connectivity index (χ4n) is 6.94. The number of aromatic hydroxyl groups is 1. The van der Waals surface area contributed by atoms with E-state index in [-0.39, 0.29) is 69.3 Å². The summed E-state index contributed by atoms with van der Waals surface area (Å²) in [7, 11) is 1.08. The molecule has 2 aromatic rings. The summed E-state index contributed by atoms with van der Waals surface area (Å²) in [5, 5.41) is 30.5. The number of anilines is 1. The van der Waals surface area contributed by atoms with Crippen LogP contribution in [0.5, 0.6) is 17.2 Å². The molecule has 4 atom stereocenters. The summed E-state index contributed by atoms with van der Waals surface area (Å²) in [5.74, 6) is -4.26. The lowest BCUT2D eigenvalue weighted by atomic mass is 9.59. The number of hydrogen-bond acceptors (Lipinski definition) is 9. The van der Waals surface area contributed by atoms with Crippen molar-refractivity contribution in [3.05, 3.63) is 76.4 Å². The molecule has 0 unspecified atom stereocenters. The highest BCUT2D eigenvalue weighted by atomic mass is 16.5. The fraction of sp³-hybridized carbons (Fsp3) is 0.290. The van der Waals surface area contributed by atoms with Gasteiger partial charge in [0.2, 0.25) is 11.8 Å². The Morgan fingerprint density at radius 2 is 1.74 bits per heavy atom. The Hall–Kier alpha value is -4.48. The Morgan fingerprint density at radius 3 is 2.43 bits per heavy atom. The Morgan fingerprint density at radius 1 is 0.976 bits per heavy atom. The highest BCUT2D eigenvalue weighted by molar-refractivity contribution is 6.58. The summed E-state index contributed by atoms with van der Waals surface area (Å²) < 4.78 is 10.9. The van der Waals surface area contributed by atoms with E-state index in [0.29, 0.717) is 11.3 Å². The predicted molar refractivity (Wildman–Crippen MR) is 151 cm³/mol. The van der Waals surface area contributed by atoms with Crippen molar-refractivity contribution in [3.63, 3.8) is 0 Å². The summed E-state index contributed by atoms with van der Waals surface area (Å²) in [5.41, 5.74) is 2.03. The Labute approximate surface area is 241 Å². The van der Waals surface area contributed by atoms with Gasteiger partial charge in [0.15, 0.2) is 11.6 Å². The predicted octanol–water partition coefficient (Wildman–Crippen LogP) is 1.72. The Kier molecular flexibility index (Phi) is 6.66. The maximum Gasteiger partial charge on any atom is 0.488 e. The van der Waals surface area contributed by atoms with Crippen LogP contribution in [0.15, 0.2) is 70.8 Å². The van der Waals surface area contributed by atoms with Crippen molar-refractivity contribution in [2.75, 3.05) is 19.1 Å². The van der Waals surface area contributed by atoms with E-state index in [9.17, 15) is 34.3 Å². The Bertz CT molecular complexity index is 1670. The van der Waals surface area contributed by atoms with Crippen molar-refractivity contribution in [1.82, 2.24) is 0 Å². The number of rotatable bonds is 5. The topological polar surface area (TPSA) is 151 Å². The van der Waals surface area contributed by atoms with Crippen LogP contribution in [-0.4, -0.2) is 59.9 Å². The number of imide groups is 1. The number of amides is 2. The van der Waals surface area contributed by atoms with Gasteiger partial charge in [0.1, 0.15) is 17.2 Å². The van der Waals surface area contributed by atoms with E-state index >= 15 is 0 Å². The van der Waals surface area contributed by atoms with Gasteiger partial charge in [-0.2, -0.15) is 0 Å². The number of fused-ring (bicyclic) bond motifs is 3. The maximum absolute atomic E-state index is 14.0. The number of carbonyl (C=O) groups excluding carboxylic acids is 4. The summed E-state index contributed by atoms with van der Waals surface area (Å²) in [6, 6.07) is 8.92. The first kappa shape index (κ1) is 27.7. The van der Waals surface area contributed by atoms with Gasteiger partial charge in [0.05, 0.1) is 31.7 Å². The molecule has 42 heavy (non-hydrogen) atoms. The number of nitrogens with zero attached hydrogens (tertiary/aromatic N) is 1. The highest BCUT2D eigenvalue weighted by Gasteiger charge is 2.57. The molecule has 0 saturated carbocycles. The van der Waals surface area contributed by atoms with E-state index < -0.39 is 42.6 Å². The van der Waals surface area contributed by atoms with Gasteiger partial charge in [-0.05, 0) is 49.4 Å². The number of carbonyl (C=O) groups is 4. The molecule has 0 spiro atoms. The lowest BCUT2D eigenvalue weighted by molar-refractivity contribution is -0.123. The van der Waals surface area contributed by atoms with Crippen LogP contribution < -0.4 is 19.8 Å². The van der Waals surface area contributed by atoms with E-state index in [4.69, 9.17) is 9.47 Å². The molecular formula is C31H28BNO9. The van der Waals surface area contributed by atoms with E-state index in [2.05, 4.69) is 0 Å². The van der Waals surface area contributed by atoms with Gasteiger partial charge in [0, 0.05) is 40.3 Å². The molecule has 10 nitrogen and oxygen atoms in total. The van der Waals surface area contributed by atoms with E-state index in [1.165, 1.54) is 44.6 Å². The number of ether oxygens (including phenoxy) is 2. The van der Waals surface area contributed by atoms with Gasteiger partial charge in [-0.25, -0.2) is 0 Å². The molecule has 3 aliphatic carbocycles. The third-order valence-electron chi connectivity index (χ3n) is 8.83. The first-order chi connectivity index (χ1) is 20.1. The lowest BCUT2D eigenvalue weighted by Gasteiger charge is -2.42. The first-order valence-electron chi connectivity index (χ1n) is 13.6. The molecule has 0 bridgehead atoms. The van der Waals surface area contributed by atoms with Gasteiger partial charge >= 0.3 is 7.12 Å². The quantitative estimate of drug-likeness (QED) is 0.212. The summed E-state index contributed by atoms with van der Waals surface area (Å²) in [6.07, 6.45) is 3.42. The second-order valence-corrected chi connectivity index (χ2v) is 11.0. The molecule has 1 aliphatic heterocycles. The normalized spacial score (nSPS) is 25.0. The number of ketones is 2. The van der Waals surface area contributed by atoms with Crippen molar-refractivity contribution < 1.29 is 43.8 Å². The van der Waals surface area contributed by atoms with Gasteiger partial charge in [-0.15, -0.1) is 0 Å². The van der Waals surface area contributed by atoms with Crippen LogP contribution in [0.25, 0.3) is 0 Å². The van der Waals surface area contributed by atoms with Crippen LogP contribution in [0.2, 0.25) is 0 Å². The standard InChI is InChI=1S/C31H28BNO9/c1-14-9-22(34)21-13-20-18(26(27(21)29(14)36)28-23(35)11-17(41-2)12-24(28)42-3)7-8-19-25(20)31(38)33(30(19)37)16-6-4-5-15(10-16)32(39)40/h4-7,9-12,19-20,25-26,35,39-40H,8,13H2,1-3H3/t19-,20+,25-,26-/m0/s1. The van der Waals surface area contributed by atoms with E-state index in [0.717, 1.165) is 4.90 Å². The highest BCUT2D eigenvalue weighted by Crippen LogP contribution is 2.58. The number of phenolic OH excluding ortho intramolecular Hbond substituents is 1. The zero-order valence-corrected chi connectivity index (χ0v) is 23.2. The third-order valence-corrected chi connectivity index (χ3v) is 8.83. The molecule has 1 saturated heterocycles. The van der Waals surface area contributed by atoms with Crippen molar-refractivity contribution in [3.8, 4) is 17.2 Å². The summed E-state index contributed by atoms with van der Waals surface area (Å²) in [6.45, 7) is 1.57. The molecule has 0 aromatic heterocycles. The molecule has 1 fully saturated rings. The van der Waals surface area contributed by atoms with Crippen molar-refractivity contribution in [2.45, 2.75) is 25.7 Å². The average Bonchev–Trinajstić information content (AvgIpc) is 3.24.